The lowest BCUT2D eigenvalue weighted by Crippen LogP contribution is -2.24. The van der Waals surface area contributed by atoms with Crippen LogP contribution < -0.4 is 16.6 Å². The number of nitrogens with two attached hydrogens (primary N) is 1. The van der Waals surface area contributed by atoms with Crippen molar-refractivity contribution in [1.29, 1.82) is 5.26 Å². The third-order valence-corrected chi connectivity index (χ3v) is 5.27. The van der Waals surface area contributed by atoms with E-state index in [1.165, 1.54) is 10.6 Å². The number of benzene rings is 2. The van der Waals surface area contributed by atoms with Crippen LogP contribution in [0, 0.1) is 24.1 Å². The van der Waals surface area contributed by atoms with Gasteiger partial charge in [-0.1, -0.05) is 24.3 Å². The Balaban J connectivity index is 1.55. The van der Waals surface area contributed by atoms with Crippen molar-refractivity contribution in [2.24, 2.45) is 0 Å². The van der Waals surface area contributed by atoms with Crippen LogP contribution in [0.4, 0.5) is 16.2 Å². The van der Waals surface area contributed by atoms with E-state index < -0.39 is 11.4 Å². The molecule has 0 saturated carbocycles. The number of aromatic nitrogens is 4. The molecule has 0 aliphatic rings. The predicted octanol–water partition coefficient (Wildman–Crippen LogP) is 3.51. The van der Waals surface area contributed by atoms with Crippen LogP contribution in [0.5, 0.6) is 0 Å². The minimum Gasteiger partial charge on any atom is -0.369 e. The largest absolute Gasteiger partial charge is 0.369 e. The molecule has 0 radical (unpaired) electrons. The number of nitrogens with one attached hydrogen (secondary N) is 1. The first kappa shape index (κ1) is 21.9. The number of nitrogen functional groups attached to an aromatic ring is 1. The first-order chi connectivity index (χ1) is 16.0. The summed E-state index contributed by atoms with van der Waals surface area (Å²) in [5.41, 5.74) is 7.12. The van der Waals surface area contributed by atoms with Crippen LogP contribution in [-0.2, 0) is 6.42 Å². The number of nitrogens with zero attached hydrogens (tertiary/aromatic N) is 5. The molecule has 3 N–H and O–H groups in total. The van der Waals surface area contributed by atoms with Gasteiger partial charge in [-0.3, -0.25) is 9.36 Å². The van der Waals surface area contributed by atoms with Crippen LogP contribution in [0.15, 0.2) is 53.3 Å². The van der Waals surface area contributed by atoms with Gasteiger partial charge in [0, 0.05) is 13.0 Å². The molecule has 166 valence electrons. The fraction of sp³-hybridized carbons (Fsp3) is 0.208. The summed E-state index contributed by atoms with van der Waals surface area (Å²) >= 11 is 0. The molecule has 0 spiro atoms. The number of fused-ring (bicyclic) bond motifs is 1. The van der Waals surface area contributed by atoms with E-state index in [1.807, 2.05) is 18.2 Å². The van der Waals surface area contributed by atoms with Gasteiger partial charge < -0.3 is 11.1 Å². The van der Waals surface area contributed by atoms with Gasteiger partial charge in [0.25, 0.3) is 5.56 Å². The summed E-state index contributed by atoms with van der Waals surface area (Å²) in [6.07, 6.45) is 1.93. The first-order valence-corrected chi connectivity index (χ1v) is 10.5. The van der Waals surface area contributed by atoms with Crippen LogP contribution in [0.1, 0.15) is 29.9 Å². The summed E-state index contributed by atoms with van der Waals surface area (Å²) in [5.74, 6) is 0.485. The molecule has 4 rings (SSSR count). The monoisotopic (exact) mass is 443 g/mol. The number of nitriles is 1. The lowest BCUT2D eigenvalue weighted by molar-refractivity contribution is 0.635. The number of hydrogen-bond acceptors (Lipinski definition) is 7. The number of aryl methyl sites for hydroxylation is 2. The summed E-state index contributed by atoms with van der Waals surface area (Å²) in [7, 11) is 0. The summed E-state index contributed by atoms with van der Waals surface area (Å²) in [6.45, 7) is 2.25. The average Bonchev–Trinajstić information content (AvgIpc) is 2.79. The van der Waals surface area contributed by atoms with Gasteiger partial charge in [0.2, 0.25) is 5.95 Å². The van der Waals surface area contributed by atoms with Crippen molar-refractivity contribution in [3.63, 3.8) is 0 Å². The van der Waals surface area contributed by atoms with Gasteiger partial charge in [0.1, 0.15) is 34.5 Å². The Morgan fingerprint density at radius 3 is 2.64 bits per heavy atom. The molecule has 9 heteroatoms. The van der Waals surface area contributed by atoms with Crippen molar-refractivity contribution < 1.29 is 4.39 Å². The van der Waals surface area contributed by atoms with Gasteiger partial charge in [0.05, 0.1) is 16.9 Å². The molecular formula is C24H22FN7O. The second-order valence-corrected chi connectivity index (χ2v) is 7.52. The van der Waals surface area contributed by atoms with Gasteiger partial charge in [-0.25, -0.2) is 14.4 Å². The van der Waals surface area contributed by atoms with E-state index in [-0.39, 0.29) is 11.3 Å². The van der Waals surface area contributed by atoms with E-state index in [1.54, 1.807) is 31.2 Å². The fourth-order valence-electron chi connectivity index (χ4n) is 3.72. The molecule has 4 aromatic rings. The van der Waals surface area contributed by atoms with Crippen LogP contribution >= 0.6 is 0 Å². The Kier molecular flexibility index (Phi) is 6.26. The Morgan fingerprint density at radius 2 is 1.88 bits per heavy atom. The molecule has 0 unspecified atom stereocenters. The Labute approximate surface area is 189 Å². The smallest absolute Gasteiger partial charge is 0.268 e. The van der Waals surface area contributed by atoms with E-state index in [2.05, 4.69) is 26.3 Å². The molecule has 2 aromatic heterocycles. The Bertz CT molecular complexity index is 1410. The molecule has 33 heavy (non-hydrogen) atoms. The highest BCUT2D eigenvalue weighted by Crippen LogP contribution is 2.18. The van der Waals surface area contributed by atoms with E-state index in [9.17, 15) is 14.4 Å². The minimum atomic E-state index is -0.585. The number of unbranched alkanes of at least 4 members (excludes halogenated alkanes) is 1. The zero-order valence-electron chi connectivity index (χ0n) is 18.0. The van der Waals surface area contributed by atoms with E-state index >= 15 is 0 Å². The number of hydrogen-bond donors (Lipinski definition) is 2. The zero-order valence-corrected chi connectivity index (χ0v) is 18.0. The van der Waals surface area contributed by atoms with Crippen LogP contribution in [0.3, 0.4) is 0 Å². The number of para-hydroxylation sites is 1. The summed E-state index contributed by atoms with van der Waals surface area (Å²) in [5, 5.41) is 12.4. The van der Waals surface area contributed by atoms with Gasteiger partial charge in [0.15, 0.2) is 0 Å². The molecular weight excluding hydrogens is 421 g/mol. The van der Waals surface area contributed by atoms with Crippen LogP contribution in [0.25, 0.3) is 16.6 Å². The van der Waals surface area contributed by atoms with Gasteiger partial charge in [-0.15, -0.1) is 0 Å². The highest BCUT2D eigenvalue weighted by Gasteiger charge is 2.15. The molecule has 0 saturated heterocycles. The van der Waals surface area contributed by atoms with Crippen molar-refractivity contribution in [1.82, 2.24) is 19.5 Å². The van der Waals surface area contributed by atoms with Crippen LogP contribution in [0.2, 0.25) is 0 Å². The standard InChI is InChI=1S/C24H22FN7O/c1-15-17(14-26)22(31-24(27)29-15)28-13-6-5-12-20-30-19-11-7-10-18(25)21(19)23(33)32(20)16-8-3-2-4-9-16/h2-4,7-11H,5-6,12-13H2,1H3,(H3,27,28,29,31). The average molecular weight is 443 g/mol. The third kappa shape index (κ3) is 4.50. The van der Waals surface area contributed by atoms with E-state index in [0.717, 1.165) is 6.42 Å². The highest BCUT2D eigenvalue weighted by molar-refractivity contribution is 5.78. The van der Waals surface area contributed by atoms with E-state index in [4.69, 9.17) is 5.73 Å². The lowest BCUT2D eigenvalue weighted by Gasteiger charge is -2.14. The molecule has 0 amide bonds. The normalized spacial score (nSPS) is 10.8. The Morgan fingerprint density at radius 1 is 1.09 bits per heavy atom. The second-order valence-electron chi connectivity index (χ2n) is 7.52. The maximum atomic E-state index is 14.4. The van der Waals surface area contributed by atoms with Gasteiger partial charge >= 0.3 is 0 Å². The van der Waals surface area contributed by atoms with Gasteiger partial charge in [-0.2, -0.15) is 10.2 Å². The number of rotatable bonds is 7. The molecule has 2 aromatic carbocycles. The predicted molar refractivity (Wildman–Crippen MR) is 125 cm³/mol. The topological polar surface area (TPSA) is 123 Å². The molecule has 0 aliphatic carbocycles. The van der Waals surface area contributed by atoms with Crippen molar-refractivity contribution in [3.8, 4) is 11.8 Å². The highest BCUT2D eigenvalue weighted by atomic mass is 19.1. The van der Waals surface area contributed by atoms with Crippen molar-refractivity contribution in [3.05, 3.63) is 81.8 Å². The Hall–Kier alpha value is -4.32. The second kappa shape index (κ2) is 9.44. The SMILES string of the molecule is Cc1nc(N)nc(NCCCCc2nc3cccc(F)c3c(=O)n2-c2ccccc2)c1C#N. The molecule has 0 bridgehead atoms. The molecule has 0 atom stereocenters. The quantitative estimate of drug-likeness (QED) is 0.419. The summed E-state index contributed by atoms with van der Waals surface area (Å²) < 4.78 is 15.9. The molecule has 2 heterocycles. The van der Waals surface area contributed by atoms with Crippen molar-refractivity contribution >= 4 is 22.7 Å². The zero-order chi connectivity index (χ0) is 23.4. The molecule has 8 nitrogen and oxygen atoms in total. The lowest BCUT2D eigenvalue weighted by atomic mass is 10.1. The minimum absolute atomic E-state index is 0.0208. The summed E-state index contributed by atoms with van der Waals surface area (Å²) in [4.78, 5) is 25.9. The molecule has 0 fully saturated rings. The first-order valence-electron chi connectivity index (χ1n) is 10.5. The fourth-order valence-corrected chi connectivity index (χ4v) is 3.72. The van der Waals surface area contributed by atoms with E-state index in [0.29, 0.717) is 53.5 Å². The number of anilines is 2. The maximum absolute atomic E-state index is 14.4. The van der Waals surface area contributed by atoms with Crippen LogP contribution in [-0.4, -0.2) is 26.1 Å². The summed E-state index contributed by atoms with van der Waals surface area (Å²) in [6, 6.07) is 15.6. The molecule has 0 aliphatic heterocycles. The van der Waals surface area contributed by atoms with Gasteiger partial charge in [-0.05, 0) is 44.0 Å². The van der Waals surface area contributed by atoms with Crippen molar-refractivity contribution in [2.75, 3.05) is 17.6 Å². The maximum Gasteiger partial charge on any atom is 0.268 e. The number of halogens is 1. The van der Waals surface area contributed by atoms with Crippen molar-refractivity contribution in [2.45, 2.75) is 26.2 Å². The third-order valence-electron chi connectivity index (χ3n) is 5.27.